The third-order valence-electron chi connectivity index (χ3n) is 4.50. The van der Waals surface area contributed by atoms with Gasteiger partial charge in [0.2, 0.25) is 0 Å². The summed E-state index contributed by atoms with van der Waals surface area (Å²) in [4.78, 5) is 27.3. The Bertz CT molecular complexity index is 1030. The number of hydrogen-bond donors (Lipinski definition) is 2. The van der Waals surface area contributed by atoms with Gasteiger partial charge in [0.15, 0.2) is 6.35 Å². The molecular formula is C20H27N4O7P. The molecule has 1 aliphatic heterocycles. The SMILES string of the molecule is CC(C)OC(=O)[C@@H](N)Cc1ccc(OP2(=O)CO[C@@H](Cn3ccc(N)nc3=O)CO2)cc1. The molecule has 12 heteroatoms. The zero-order valence-corrected chi connectivity index (χ0v) is 18.8. The highest BCUT2D eigenvalue weighted by Crippen LogP contribution is 2.50. The van der Waals surface area contributed by atoms with Crippen LogP contribution in [0.4, 0.5) is 5.82 Å². The van der Waals surface area contributed by atoms with Crippen molar-refractivity contribution < 1.29 is 27.9 Å². The number of rotatable bonds is 8. The van der Waals surface area contributed by atoms with Crippen molar-refractivity contribution in [2.75, 3.05) is 18.7 Å². The van der Waals surface area contributed by atoms with Crippen molar-refractivity contribution in [1.82, 2.24) is 9.55 Å². The van der Waals surface area contributed by atoms with Crippen LogP contribution in [0.25, 0.3) is 0 Å². The second-order valence-corrected chi connectivity index (χ2v) is 9.56. The van der Waals surface area contributed by atoms with Gasteiger partial charge in [0, 0.05) is 6.20 Å². The van der Waals surface area contributed by atoms with Crippen LogP contribution in [0.2, 0.25) is 0 Å². The minimum atomic E-state index is -3.52. The van der Waals surface area contributed by atoms with Crippen LogP contribution in [0.1, 0.15) is 19.4 Å². The number of nitrogens with zero attached hydrogens (tertiary/aromatic N) is 2. The first-order valence-electron chi connectivity index (χ1n) is 10.1. The monoisotopic (exact) mass is 466 g/mol. The Labute approximate surface area is 185 Å². The first-order valence-corrected chi connectivity index (χ1v) is 11.8. The lowest BCUT2D eigenvalue weighted by molar-refractivity contribution is -0.148. The first-order chi connectivity index (χ1) is 15.1. The van der Waals surface area contributed by atoms with Crippen molar-refractivity contribution in [3.8, 4) is 5.75 Å². The Kier molecular flexibility index (Phi) is 7.68. The fourth-order valence-electron chi connectivity index (χ4n) is 2.94. The lowest BCUT2D eigenvalue weighted by Crippen LogP contribution is -2.35. The lowest BCUT2D eigenvalue weighted by atomic mass is 10.1. The predicted octanol–water partition coefficient (Wildman–Crippen LogP) is 1.29. The van der Waals surface area contributed by atoms with Gasteiger partial charge in [-0.15, -0.1) is 0 Å². The quantitative estimate of drug-likeness (QED) is 0.429. The summed E-state index contributed by atoms with van der Waals surface area (Å²) in [5, 5.41) is 0. The van der Waals surface area contributed by atoms with Gasteiger partial charge in [-0.25, -0.2) is 9.36 Å². The summed E-state index contributed by atoms with van der Waals surface area (Å²) >= 11 is 0. The summed E-state index contributed by atoms with van der Waals surface area (Å²) in [6.45, 7) is 3.68. The Hall–Kier alpha value is -2.72. The van der Waals surface area contributed by atoms with E-state index in [-0.39, 0.29) is 31.4 Å². The molecule has 174 valence electrons. The maximum Gasteiger partial charge on any atom is 0.404 e. The van der Waals surface area contributed by atoms with E-state index in [2.05, 4.69) is 4.98 Å². The van der Waals surface area contributed by atoms with Crippen LogP contribution in [0.3, 0.4) is 0 Å². The third-order valence-corrected chi connectivity index (χ3v) is 6.00. The molecular weight excluding hydrogens is 439 g/mol. The van der Waals surface area contributed by atoms with Gasteiger partial charge in [0.05, 0.1) is 19.3 Å². The fraction of sp³-hybridized carbons (Fsp3) is 0.450. The number of nitrogen functional groups attached to an aromatic ring is 1. The van der Waals surface area contributed by atoms with Crippen LogP contribution in [0.5, 0.6) is 5.75 Å². The number of aromatic nitrogens is 2. The molecule has 1 aromatic heterocycles. The second-order valence-electron chi connectivity index (χ2n) is 7.64. The Morgan fingerprint density at radius 2 is 2.03 bits per heavy atom. The normalized spacial score (nSPS) is 21.8. The predicted molar refractivity (Wildman–Crippen MR) is 116 cm³/mol. The zero-order valence-electron chi connectivity index (χ0n) is 17.9. The number of benzene rings is 1. The number of carbonyl (C=O) groups is 1. The van der Waals surface area contributed by atoms with Crippen molar-refractivity contribution in [3.05, 3.63) is 52.6 Å². The zero-order chi connectivity index (χ0) is 23.3. The second kappa shape index (κ2) is 10.3. The molecule has 32 heavy (non-hydrogen) atoms. The topological polar surface area (TPSA) is 158 Å². The molecule has 0 spiro atoms. The van der Waals surface area contributed by atoms with E-state index in [9.17, 15) is 14.2 Å². The average Bonchev–Trinajstić information content (AvgIpc) is 2.72. The van der Waals surface area contributed by atoms with Gasteiger partial charge in [0.1, 0.15) is 23.7 Å². The largest absolute Gasteiger partial charge is 0.462 e. The highest BCUT2D eigenvalue weighted by atomic mass is 31.2. The van der Waals surface area contributed by atoms with E-state index in [4.69, 9.17) is 30.0 Å². The third kappa shape index (κ3) is 6.64. The van der Waals surface area contributed by atoms with E-state index in [0.717, 1.165) is 5.56 Å². The number of hydrogen-bond acceptors (Lipinski definition) is 10. The molecule has 2 heterocycles. The van der Waals surface area contributed by atoms with Crippen molar-refractivity contribution >= 4 is 19.4 Å². The van der Waals surface area contributed by atoms with Gasteiger partial charge < -0.3 is 25.5 Å². The van der Waals surface area contributed by atoms with Gasteiger partial charge in [-0.2, -0.15) is 4.98 Å². The summed E-state index contributed by atoms with van der Waals surface area (Å²) in [5.74, 6) is -0.00559. The summed E-state index contributed by atoms with van der Waals surface area (Å²) < 4.78 is 35.8. The molecule has 0 radical (unpaired) electrons. The Morgan fingerprint density at radius 1 is 1.31 bits per heavy atom. The number of carbonyl (C=O) groups excluding carboxylic acids is 1. The van der Waals surface area contributed by atoms with E-state index in [1.165, 1.54) is 16.8 Å². The number of anilines is 1. The van der Waals surface area contributed by atoms with Crippen molar-refractivity contribution in [2.24, 2.45) is 5.73 Å². The van der Waals surface area contributed by atoms with Crippen LogP contribution in [-0.2, 0) is 36.3 Å². The minimum Gasteiger partial charge on any atom is -0.462 e. The molecule has 1 unspecified atom stereocenters. The molecule has 2 aromatic rings. The van der Waals surface area contributed by atoms with Crippen molar-refractivity contribution in [3.63, 3.8) is 0 Å². The van der Waals surface area contributed by atoms with E-state index >= 15 is 0 Å². The highest BCUT2D eigenvalue weighted by molar-refractivity contribution is 7.54. The Balaban J connectivity index is 1.51. The summed E-state index contributed by atoms with van der Waals surface area (Å²) in [6, 6.07) is 7.40. The van der Waals surface area contributed by atoms with Gasteiger partial charge in [-0.1, -0.05) is 12.1 Å². The molecule has 0 aliphatic carbocycles. The molecule has 1 aromatic carbocycles. The summed E-state index contributed by atoms with van der Waals surface area (Å²) in [7, 11) is -3.52. The molecule has 3 rings (SSSR count). The molecule has 3 atom stereocenters. The molecule has 1 fully saturated rings. The van der Waals surface area contributed by atoms with E-state index in [1.54, 1.807) is 38.1 Å². The lowest BCUT2D eigenvalue weighted by Gasteiger charge is -2.29. The average molecular weight is 466 g/mol. The fourth-order valence-corrected chi connectivity index (χ4v) is 4.35. The van der Waals surface area contributed by atoms with Crippen LogP contribution < -0.4 is 21.7 Å². The molecule has 0 bridgehead atoms. The smallest absolute Gasteiger partial charge is 0.404 e. The Morgan fingerprint density at radius 3 is 2.62 bits per heavy atom. The van der Waals surface area contributed by atoms with E-state index in [1.807, 2.05) is 0 Å². The number of ether oxygens (including phenoxy) is 2. The maximum atomic E-state index is 12.8. The van der Waals surface area contributed by atoms with Crippen LogP contribution in [0, 0.1) is 0 Å². The van der Waals surface area contributed by atoms with E-state index in [0.29, 0.717) is 12.2 Å². The van der Waals surface area contributed by atoms with Crippen molar-refractivity contribution in [2.45, 2.75) is 45.1 Å². The molecule has 0 amide bonds. The molecule has 11 nitrogen and oxygen atoms in total. The molecule has 1 aliphatic rings. The molecule has 4 N–H and O–H groups in total. The maximum absolute atomic E-state index is 12.8. The van der Waals surface area contributed by atoms with Crippen molar-refractivity contribution in [1.29, 1.82) is 0 Å². The highest BCUT2D eigenvalue weighted by Gasteiger charge is 2.35. The van der Waals surface area contributed by atoms with Crippen LogP contribution >= 0.6 is 7.60 Å². The number of esters is 1. The summed E-state index contributed by atoms with van der Waals surface area (Å²) in [5.41, 5.74) is 11.6. The van der Waals surface area contributed by atoms with Gasteiger partial charge in [-0.05, 0) is 44.0 Å². The van der Waals surface area contributed by atoms with Gasteiger partial charge in [-0.3, -0.25) is 13.9 Å². The standard InChI is InChI=1S/C20H27N4O7P/c1-13(2)30-19(25)17(21)9-14-3-5-15(6-4-14)31-32(27)12-28-16(11-29-32)10-24-8-7-18(22)23-20(24)26/h3-8,13,16-17H,9-12,21H2,1-2H3,(H2,22,23,26)/t16-,17-,32?/m0/s1. The molecule has 0 saturated carbocycles. The number of nitrogens with two attached hydrogens (primary N) is 2. The van der Waals surface area contributed by atoms with Crippen LogP contribution in [0.15, 0.2) is 41.3 Å². The van der Waals surface area contributed by atoms with E-state index < -0.39 is 31.4 Å². The molecule has 1 saturated heterocycles. The van der Waals surface area contributed by atoms with Gasteiger partial charge >= 0.3 is 19.3 Å². The van der Waals surface area contributed by atoms with Crippen LogP contribution in [-0.4, -0.2) is 46.7 Å². The summed E-state index contributed by atoms with van der Waals surface area (Å²) in [6.07, 6.45) is 0.822. The van der Waals surface area contributed by atoms with Gasteiger partial charge in [0.25, 0.3) is 0 Å². The minimum absolute atomic E-state index is 0.0149. The first kappa shape index (κ1) is 23.9.